The molecule has 0 spiro atoms. The lowest BCUT2D eigenvalue weighted by Gasteiger charge is -2.00. The summed E-state index contributed by atoms with van der Waals surface area (Å²) in [4.78, 5) is 18.2. The molecule has 0 aliphatic carbocycles. The quantitative estimate of drug-likeness (QED) is 0.441. The molecule has 0 saturated heterocycles. The van der Waals surface area contributed by atoms with Crippen LogP contribution in [0.1, 0.15) is 0 Å². The first kappa shape index (κ1) is 12.4. The first-order valence-electron chi connectivity index (χ1n) is 5.51. The molecule has 0 aliphatic rings. The molecule has 100 valence electrons. The summed E-state index contributed by atoms with van der Waals surface area (Å²) in [6.07, 6.45) is 1.12. The van der Waals surface area contributed by atoms with E-state index in [1.165, 1.54) is 6.07 Å². The Bertz CT molecular complexity index is 831. The van der Waals surface area contributed by atoms with Gasteiger partial charge in [-0.2, -0.15) is 4.98 Å². The third-order valence-corrected chi connectivity index (χ3v) is 2.99. The number of oxazole rings is 1. The van der Waals surface area contributed by atoms with Crippen molar-refractivity contribution in [1.82, 2.24) is 9.97 Å². The fourth-order valence-corrected chi connectivity index (χ4v) is 1.93. The van der Waals surface area contributed by atoms with Gasteiger partial charge in [-0.1, -0.05) is 11.6 Å². The van der Waals surface area contributed by atoms with E-state index < -0.39 is 4.92 Å². The van der Waals surface area contributed by atoms with E-state index in [1.54, 1.807) is 18.2 Å². The van der Waals surface area contributed by atoms with Gasteiger partial charge in [-0.05, 0) is 18.2 Å². The summed E-state index contributed by atoms with van der Waals surface area (Å²) in [5.41, 5.74) is 7.02. The number of hydrogen-bond acceptors (Lipinski definition) is 6. The topological polar surface area (TPSA) is 108 Å². The standard InChI is InChI=1S/C12H7ClN4O3/c13-9-2-1-6(14)3-8(9)12-16-11-10(20-12)4-7(5-15-11)17(18)19/h1-5H,14H2. The van der Waals surface area contributed by atoms with Gasteiger partial charge in [0, 0.05) is 5.69 Å². The van der Waals surface area contributed by atoms with Crippen LogP contribution in [0, 0.1) is 10.1 Å². The minimum absolute atomic E-state index is 0.168. The molecular weight excluding hydrogens is 284 g/mol. The van der Waals surface area contributed by atoms with E-state index in [-0.39, 0.29) is 22.8 Å². The maximum absolute atomic E-state index is 10.7. The molecule has 0 saturated carbocycles. The number of hydrogen-bond donors (Lipinski definition) is 1. The largest absolute Gasteiger partial charge is 0.434 e. The summed E-state index contributed by atoms with van der Waals surface area (Å²) in [6, 6.07) is 6.15. The van der Waals surface area contributed by atoms with Crippen molar-refractivity contribution in [3.8, 4) is 11.5 Å². The molecule has 20 heavy (non-hydrogen) atoms. The average Bonchev–Trinajstić information content (AvgIpc) is 2.83. The first-order chi connectivity index (χ1) is 9.54. The van der Waals surface area contributed by atoms with Crippen molar-refractivity contribution in [3.63, 3.8) is 0 Å². The lowest BCUT2D eigenvalue weighted by Crippen LogP contribution is -1.88. The average molecular weight is 291 g/mol. The number of pyridine rings is 1. The summed E-state index contributed by atoms with van der Waals surface area (Å²) >= 11 is 6.06. The van der Waals surface area contributed by atoms with E-state index in [1.807, 2.05) is 0 Å². The van der Waals surface area contributed by atoms with Crippen molar-refractivity contribution in [1.29, 1.82) is 0 Å². The van der Waals surface area contributed by atoms with Crippen LogP contribution in [0.4, 0.5) is 11.4 Å². The molecule has 2 aromatic heterocycles. The number of rotatable bonds is 2. The lowest BCUT2D eigenvalue weighted by atomic mass is 10.2. The summed E-state index contributed by atoms with van der Waals surface area (Å²) in [5.74, 6) is 0.213. The van der Waals surface area contributed by atoms with Gasteiger partial charge in [-0.3, -0.25) is 10.1 Å². The zero-order chi connectivity index (χ0) is 14.3. The third kappa shape index (κ3) is 2.04. The first-order valence-corrected chi connectivity index (χ1v) is 5.89. The van der Waals surface area contributed by atoms with Crippen LogP contribution in [0.5, 0.6) is 0 Å². The van der Waals surface area contributed by atoms with Crippen molar-refractivity contribution in [2.24, 2.45) is 0 Å². The molecule has 3 aromatic rings. The Labute approximate surface area is 117 Å². The number of nitro groups is 1. The molecule has 3 rings (SSSR count). The second-order valence-corrected chi connectivity index (χ2v) is 4.44. The number of anilines is 1. The second kappa shape index (κ2) is 4.46. The van der Waals surface area contributed by atoms with E-state index in [0.717, 1.165) is 6.20 Å². The number of nitrogens with zero attached hydrogens (tertiary/aromatic N) is 3. The van der Waals surface area contributed by atoms with Crippen LogP contribution in [-0.4, -0.2) is 14.9 Å². The molecular formula is C12H7ClN4O3. The highest BCUT2D eigenvalue weighted by atomic mass is 35.5. The second-order valence-electron chi connectivity index (χ2n) is 4.03. The highest BCUT2D eigenvalue weighted by Crippen LogP contribution is 2.31. The summed E-state index contributed by atoms with van der Waals surface area (Å²) in [7, 11) is 0. The fraction of sp³-hybridized carbons (Fsp3) is 0. The minimum atomic E-state index is -0.553. The van der Waals surface area contributed by atoms with Crippen LogP contribution in [0.3, 0.4) is 0 Å². The molecule has 0 atom stereocenters. The van der Waals surface area contributed by atoms with E-state index in [2.05, 4.69) is 9.97 Å². The van der Waals surface area contributed by atoms with Crippen molar-refractivity contribution in [3.05, 3.63) is 45.6 Å². The maximum atomic E-state index is 10.7. The van der Waals surface area contributed by atoms with Gasteiger partial charge in [-0.25, -0.2) is 4.98 Å². The Balaban J connectivity index is 2.17. The minimum Gasteiger partial charge on any atom is -0.434 e. The van der Waals surface area contributed by atoms with Gasteiger partial charge in [0.1, 0.15) is 6.20 Å². The number of nitrogen functional groups attached to an aromatic ring is 1. The van der Waals surface area contributed by atoms with E-state index in [0.29, 0.717) is 16.3 Å². The molecule has 8 heteroatoms. The smallest absolute Gasteiger partial charge is 0.291 e. The van der Waals surface area contributed by atoms with Gasteiger partial charge in [-0.15, -0.1) is 0 Å². The van der Waals surface area contributed by atoms with Gasteiger partial charge in [0.2, 0.25) is 5.89 Å². The Morgan fingerprint density at radius 1 is 1.35 bits per heavy atom. The van der Waals surface area contributed by atoms with Gasteiger partial charge in [0.05, 0.1) is 21.6 Å². The molecule has 0 bridgehead atoms. The van der Waals surface area contributed by atoms with Crippen LogP contribution in [0.2, 0.25) is 5.02 Å². The summed E-state index contributed by atoms with van der Waals surface area (Å²) in [6.45, 7) is 0. The van der Waals surface area contributed by atoms with Gasteiger partial charge in [0.15, 0.2) is 11.2 Å². The molecule has 0 amide bonds. The molecule has 0 unspecified atom stereocenters. The van der Waals surface area contributed by atoms with E-state index in [4.69, 9.17) is 21.8 Å². The van der Waals surface area contributed by atoms with Crippen LogP contribution >= 0.6 is 11.6 Å². The number of nitrogens with two attached hydrogens (primary N) is 1. The zero-order valence-electron chi connectivity index (χ0n) is 9.91. The van der Waals surface area contributed by atoms with Gasteiger partial charge >= 0.3 is 0 Å². The predicted octanol–water partition coefficient (Wildman–Crippen LogP) is 3.03. The van der Waals surface area contributed by atoms with Crippen LogP contribution in [0.15, 0.2) is 34.9 Å². The Hall–Kier alpha value is -2.67. The molecule has 0 aliphatic heterocycles. The van der Waals surface area contributed by atoms with Crippen LogP contribution < -0.4 is 5.73 Å². The van der Waals surface area contributed by atoms with Crippen molar-refractivity contribution in [2.45, 2.75) is 0 Å². The highest BCUT2D eigenvalue weighted by Gasteiger charge is 2.16. The summed E-state index contributed by atoms with van der Waals surface area (Å²) in [5, 5.41) is 11.1. The molecule has 7 nitrogen and oxygen atoms in total. The number of aromatic nitrogens is 2. The molecule has 2 N–H and O–H groups in total. The van der Waals surface area contributed by atoms with Crippen molar-refractivity contribution < 1.29 is 9.34 Å². The van der Waals surface area contributed by atoms with Crippen LogP contribution in [0.25, 0.3) is 22.7 Å². The number of fused-ring (bicyclic) bond motifs is 1. The monoisotopic (exact) mass is 290 g/mol. The molecule has 1 aromatic carbocycles. The van der Waals surface area contributed by atoms with E-state index >= 15 is 0 Å². The normalized spacial score (nSPS) is 10.8. The van der Waals surface area contributed by atoms with Crippen molar-refractivity contribution in [2.75, 3.05) is 5.73 Å². The van der Waals surface area contributed by atoms with Crippen molar-refractivity contribution >= 4 is 34.2 Å². The Morgan fingerprint density at radius 2 is 2.15 bits per heavy atom. The number of halogens is 1. The highest BCUT2D eigenvalue weighted by molar-refractivity contribution is 6.33. The van der Waals surface area contributed by atoms with E-state index in [9.17, 15) is 10.1 Å². The predicted molar refractivity (Wildman–Crippen MR) is 73.3 cm³/mol. The summed E-state index contributed by atoms with van der Waals surface area (Å²) < 4.78 is 5.46. The van der Waals surface area contributed by atoms with Crippen LogP contribution in [-0.2, 0) is 0 Å². The third-order valence-electron chi connectivity index (χ3n) is 2.66. The fourth-order valence-electron chi connectivity index (χ4n) is 1.73. The van der Waals surface area contributed by atoms with Gasteiger partial charge < -0.3 is 10.2 Å². The Morgan fingerprint density at radius 3 is 2.90 bits per heavy atom. The SMILES string of the molecule is Nc1ccc(Cl)c(-c2nc3ncc([N+](=O)[O-])cc3o2)c1. The number of benzene rings is 1. The maximum Gasteiger partial charge on any atom is 0.291 e. The molecule has 2 heterocycles. The zero-order valence-corrected chi connectivity index (χ0v) is 10.7. The molecule has 0 fully saturated rings. The Kier molecular flexibility index (Phi) is 2.76. The molecule has 0 radical (unpaired) electrons. The lowest BCUT2D eigenvalue weighted by molar-refractivity contribution is -0.385. The van der Waals surface area contributed by atoms with Gasteiger partial charge in [0.25, 0.3) is 5.69 Å².